The van der Waals surface area contributed by atoms with Crippen molar-refractivity contribution in [2.45, 2.75) is 99.0 Å². The van der Waals surface area contributed by atoms with E-state index in [1.54, 1.807) is 33.8 Å². The second kappa shape index (κ2) is 9.93. The fraction of sp³-hybridized carbons (Fsp3) is 0.576. The summed E-state index contributed by atoms with van der Waals surface area (Å²) in [6.45, 7) is 13.9. The summed E-state index contributed by atoms with van der Waals surface area (Å²) in [4.78, 5) is 53.1. The number of fused-ring (bicyclic) bond motifs is 3. The number of rotatable bonds is 7. The molecular weight excluding hydrogens is 524 g/mol. The molecule has 41 heavy (non-hydrogen) atoms. The van der Waals surface area contributed by atoms with Crippen LogP contribution in [-0.4, -0.2) is 49.2 Å². The van der Waals surface area contributed by atoms with Gasteiger partial charge < -0.3 is 20.4 Å². The van der Waals surface area contributed by atoms with Crippen LogP contribution in [0.3, 0.4) is 0 Å². The van der Waals surface area contributed by atoms with E-state index < -0.39 is 56.8 Å². The van der Waals surface area contributed by atoms with E-state index in [0.29, 0.717) is 24.0 Å². The van der Waals surface area contributed by atoms with Gasteiger partial charge in [0.05, 0.1) is 5.56 Å². The van der Waals surface area contributed by atoms with Crippen molar-refractivity contribution in [2.24, 2.45) is 22.7 Å². The third-order valence-corrected chi connectivity index (χ3v) is 9.66. The molecule has 1 unspecified atom stereocenters. The fourth-order valence-electron chi connectivity index (χ4n) is 8.10. The molecule has 4 N–H and O–H groups in total. The quantitative estimate of drug-likeness (QED) is 0.328. The summed E-state index contributed by atoms with van der Waals surface area (Å²) in [6, 6.07) is 1.80. The Kier molecular flexibility index (Phi) is 7.44. The largest absolute Gasteiger partial charge is 0.508 e. The number of aliphatic hydroxyl groups excluding tert-OH is 2. The minimum absolute atomic E-state index is 0.0355. The van der Waals surface area contributed by atoms with Gasteiger partial charge in [0.25, 0.3) is 0 Å². The zero-order valence-electron chi connectivity index (χ0n) is 25.3. The smallest absolute Gasteiger partial charge is 0.203 e. The number of aliphatic hydroxyl groups is 3. The molecule has 3 aliphatic rings. The minimum atomic E-state index is -2.65. The zero-order valence-corrected chi connectivity index (χ0v) is 25.3. The van der Waals surface area contributed by atoms with Gasteiger partial charge in [-0.2, -0.15) is 0 Å². The Bertz CT molecular complexity index is 1440. The number of phenols is 1. The second-order valence-corrected chi connectivity index (χ2v) is 13.4. The number of hydrogen-bond acceptors (Lipinski definition) is 8. The van der Waals surface area contributed by atoms with Crippen LogP contribution < -0.4 is 0 Å². The van der Waals surface area contributed by atoms with Gasteiger partial charge >= 0.3 is 0 Å². The number of carbonyl (C=O) groups is 4. The van der Waals surface area contributed by atoms with Crippen LogP contribution in [0.15, 0.2) is 23.0 Å². The highest BCUT2D eigenvalue weighted by Crippen LogP contribution is 2.65. The van der Waals surface area contributed by atoms with Crippen LogP contribution in [0.4, 0.5) is 0 Å². The fourth-order valence-corrected chi connectivity index (χ4v) is 8.10. The Balaban J connectivity index is 2.06. The van der Waals surface area contributed by atoms with E-state index >= 15 is 0 Å². The number of ketones is 4. The molecule has 1 aromatic carbocycles. The van der Waals surface area contributed by atoms with Crippen molar-refractivity contribution in [2.75, 3.05) is 0 Å². The van der Waals surface area contributed by atoms with E-state index in [-0.39, 0.29) is 53.8 Å². The minimum Gasteiger partial charge on any atom is -0.508 e. The monoisotopic (exact) mass is 566 g/mol. The van der Waals surface area contributed by atoms with Gasteiger partial charge in [-0.05, 0) is 49.1 Å². The average Bonchev–Trinajstić information content (AvgIpc) is 2.82. The molecule has 3 aliphatic carbocycles. The van der Waals surface area contributed by atoms with Gasteiger partial charge in [0, 0.05) is 40.7 Å². The Morgan fingerprint density at radius 1 is 1.07 bits per heavy atom. The summed E-state index contributed by atoms with van der Waals surface area (Å²) in [6.07, 6.45) is 1.21. The Labute approximate surface area is 241 Å². The molecule has 0 aromatic heterocycles. The van der Waals surface area contributed by atoms with Crippen molar-refractivity contribution in [3.05, 3.63) is 45.2 Å². The van der Waals surface area contributed by atoms with Crippen LogP contribution >= 0.6 is 0 Å². The molecule has 0 radical (unpaired) electrons. The lowest BCUT2D eigenvalue weighted by Gasteiger charge is -2.60. The standard InChI is InChI=1S/C33H42O8/c1-9-10-19(35)11-18-12-20(15(2)3)21-13-31(7)14-32(8)24(16(4)5)27(37)22(17(6)34)29(39)33(32,41)30(40)25(31)28(38)23(21)26(18)36/h12,15-16,24,36,38-39,41H,9-11,13-14H2,1-8H3/t24?,31-,32-,33+/m1/s1. The topological polar surface area (TPSA) is 149 Å². The Morgan fingerprint density at radius 2 is 1.68 bits per heavy atom. The van der Waals surface area contributed by atoms with Crippen LogP contribution in [0.2, 0.25) is 0 Å². The first-order chi connectivity index (χ1) is 18.9. The lowest BCUT2D eigenvalue weighted by Crippen LogP contribution is -2.69. The highest BCUT2D eigenvalue weighted by atomic mass is 16.3. The number of allylic oxidation sites excluding steroid dienone is 1. The van der Waals surface area contributed by atoms with Gasteiger partial charge in [0.15, 0.2) is 17.2 Å². The van der Waals surface area contributed by atoms with Crippen LogP contribution in [0.25, 0.3) is 5.76 Å². The molecule has 222 valence electrons. The van der Waals surface area contributed by atoms with E-state index in [9.17, 15) is 39.6 Å². The van der Waals surface area contributed by atoms with Crippen LogP contribution in [-0.2, 0) is 32.0 Å². The molecule has 1 fully saturated rings. The molecule has 8 heteroatoms. The van der Waals surface area contributed by atoms with Crippen LogP contribution in [0, 0.1) is 22.7 Å². The number of hydrogen-bond donors (Lipinski definition) is 4. The van der Waals surface area contributed by atoms with Gasteiger partial charge in [-0.15, -0.1) is 0 Å². The summed E-state index contributed by atoms with van der Waals surface area (Å²) in [5.74, 6) is -5.62. The SMILES string of the molecule is CCCC(=O)Cc1cc(C(C)C)c2c(c1O)C(O)=C1C(=O)[C@@]3(O)C(O)=C(C(C)=O)C(=O)C(C(C)C)[C@@]3(C)C[C@@]1(C)C2. The summed E-state index contributed by atoms with van der Waals surface area (Å²) >= 11 is 0. The maximum atomic E-state index is 14.5. The number of carbonyl (C=O) groups excluding carboxylic acids is 4. The van der Waals surface area contributed by atoms with Crippen molar-refractivity contribution in [3.63, 3.8) is 0 Å². The molecule has 0 aliphatic heterocycles. The van der Waals surface area contributed by atoms with Gasteiger partial charge in [0.1, 0.15) is 28.6 Å². The summed E-state index contributed by atoms with van der Waals surface area (Å²) in [5.41, 5.74) is -4.14. The summed E-state index contributed by atoms with van der Waals surface area (Å²) in [7, 11) is 0. The molecule has 0 amide bonds. The normalized spacial score (nSPS) is 29.6. The highest BCUT2D eigenvalue weighted by Gasteiger charge is 2.72. The zero-order chi connectivity index (χ0) is 31.0. The van der Waals surface area contributed by atoms with Crippen LogP contribution in [0.5, 0.6) is 5.75 Å². The van der Waals surface area contributed by atoms with Crippen molar-refractivity contribution in [1.82, 2.24) is 0 Å². The first-order valence-electron chi connectivity index (χ1n) is 14.5. The molecule has 1 aromatic rings. The van der Waals surface area contributed by atoms with Crippen LogP contribution in [0.1, 0.15) is 103 Å². The lowest BCUT2D eigenvalue weighted by atomic mass is 9.43. The highest BCUT2D eigenvalue weighted by molar-refractivity contribution is 6.24. The van der Waals surface area contributed by atoms with Gasteiger partial charge in [-0.25, -0.2) is 0 Å². The summed E-state index contributed by atoms with van der Waals surface area (Å²) < 4.78 is 0. The molecule has 0 heterocycles. The molecule has 0 bridgehead atoms. The number of Topliss-reactive ketones (excluding diaryl/α,β-unsaturated/α-hetero) is 4. The Hall–Kier alpha value is -3.26. The summed E-state index contributed by atoms with van der Waals surface area (Å²) in [5, 5.41) is 46.7. The molecule has 8 nitrogen and oxygen atoms in total. The molecule has 4 rings (SSSR count). The van der Waals surface area contributed by atoms with Crippen molar-refractivity contribution in [1.29, 1.82) is 0 Å². The molecule has 0 saturated heterocycles. The van der Waals surface area contributed by atoms with E-state index in [1.165, 1.54) is 0 Å². The molecule has 0 spiro atoms. The predicted octanol–water partition coefficient (Wildman–Crippen LogP) is 5.23. The van der Waals surface area contributed by atoms with Gasteiger partial charge in [-0.1, -0.05) is 54.5 Å². The molecule has 1 saturated carbocycles. The third-order valence-electron chi connectivity index (χ3n) is 9.66. The predicted molar refractivity (Wildman–Crippen MR) is 154 cm³/mol. The Morgan fingerprint density at radius 3 is 2.20 bits per heavy atom. The third kappa shape index (κ3) is 4.12. The van der Waals surface area contributed by atoms with E-state index in [1.807, 2.05) is 20.8 Å². The van der Waals surface area contributed by atoms with E-state index in [0.717, 1.165) is 12.5 Å². The molecule has 4 atom stereocenters. The van der Waals surface area contributed by atoms with Crippen molar-refractivity contribution in [3.8, 4) is 5.75 Å². The maximum absolute atomic E-state index is 14.5. The van der Waals surface area contributed by atoms with Gasteiger partial charge in [-0.3, -0.25) is 19.2 Å². The average molecular weight is 567 g/mol. The van der Waals surface area contributed by atoms with Crippen molar-refractivity contribution < 1.29 is 39.6 Å². The van der Waals surface area contributed by atoms with Crippen molar-refractivity contribution >= 4 is 28.9 Å². The number of phenolic OH excluding ortho intramolecular Hbond substituents is 1. The second-order valence-electron chi connectivity index (χ2n) is 13.4. The van der Waals surface area contributed by atoms with E-state index in [2.05, 4.69) is 0 Å². The number of benzene rings is 1. The first kappa shape index (κ1) is 30.7. The van der Waals surface area contributed by atoms with E-state index in [4.69, 9.17) is 0 Å². The lowest BCUT2D eigenvalue weighted by molar-refractivity contribution is -0.178. The molecular formula is C33H42O8. The number of aromatic hydroxyl groups is 1. The maximum Gasteiger partial charge on any atom is 0.203 e. The van der Waals surface area contributed by atoms with Gasteiger partial charge in [0.2, 0.25) is 5.78 Å². The first-order valence-corrected chi connectivity index (χ1v) is 14.5.